The van der Waals surface area contributed by atoms with Crippen LogP contribution in [0.3, 0.4) is 0 Å². The first-order valence-electron chi connectivity index (χ1n) is 28.7. The van der Waals surface area contributed by atoms with Gasteiger partial charge in [0.2, 0.25) is 0 Å². The molecular weight excluding hydrogens is 1570 g/mol. The Labute approximate surface area is 599 Å². The molecule has 0 aliphatic heterocycles. The maximum absolute atomic E-state index is 13.4. The molecule has 15 N–H and O–H groups in total. The smallest absolute Gasteiger partial charge is 0.338 e. The van der Waals surface area contributed by atoms with Crippen LogP contribution in [0.15, 0.2) is 201 Å². The Bertz CT molecular complexity index is 6520. The molecule has 49 heteroatoms. The molecule has 0 unspecified atom stereocenters. The highest BCUT2D eigenvalue weighted by molar-refractivity contribution is 7.87. The summed E-state index contributed by atoms with van der Waals surface area (Å²) < 4.78 is 259. The molecule has 560 valence electrons. The number of nitrogens with zero attached hydrogens (tertiary/aromatic N) is 10. The summed E-state index contributed by atoms with van der Waals surface area (Å²) in [6.45, 7) is -2.51. The zero-order chi connectivity index (χ0) is 78.6. The molecule has 0 atom stereocenters. The number of carboxylic acid groups (broad SMARTS) is 1. The van der Waals surface area contributed by atoms with Gasteiger partial charge in [-0.15, -0.1) is 46.0 Å². The van der Waals surface area contributed by atoms with E-state index in [0.29, 0.717) is 30.3 Å². The number of hydrogen-bond acceptors (Lipinski definition) is 34. The third-order valence-electron chi connectivity index (χ3n) is 14.9. The lowest BCUT2D eigenvalue weighted by Crippen LogP contribution is -2.04. The number of rotatable bonds is 25. The van der Waals surface area contributed by atoms with E-state index in [9.17, 15) is 131 Å². The van der Waals surface area contributed by atoms with Crippen LogP contribution in [0.2, 0.25) is 0 Å². The van der Waals surface area contributed by atoms with Crippen molar-refractivity contribution in [1.29, 1.82) is 0 Å². The van der Waals surface area contributed by atoms with E-state index in [1.54, 1.807) is 0 Å². The number of hydrogen-bond donors (Lipinski definition) is 15. The molecule has 0 aliphatic carbocycles. The van der Waals surface area contributed by atoms with Gasteiger partial charge in [-0.3, -0.25) is 31.9 Å². The molecular formula is C58H45N11O31S7. The number of anilines is 1. The number of phenols is 4. The summed E-state index contributed by atoms with van der Waals surface area (Å²) in [6, 6.07) is 15.5. The molecule has 0 saturated heterocycles. The number of phenolic OH excluding ortho intramolecular Hbond substituents is 4. The average molecular weight is 1620 g/mol. The number of aromatic carboxylic acids is 1. The van der Waals surface area contributed by atoms with Crippen LogP contribution in [0.4, 0.5) is 62.6 Å². The van der Waals surface area contributed by atoms with Crippen LogP contribution in [0.1, 0.15) is 10.4 Å². The summed E-state index contributed by atoms with van der Waals surface area (Å²) in [5, 5.41) is 112. The predicted molar refractivity (Wildman–Crippen MR) is 367 cm³/mol. The van der Waals surface area contributed by atoms with Crippen molar-refractivity contribution in [1.82, 2.24) is 0 Å². The summed E-state index contributed by atoms with van der Waals surface area (Å²) in [5.74, 6) is -6.96. The van der Waals surface area contributed by atoms with Crippen molar-refractivity contribution in [3.05, 3.63) is 121 Å². The zero-order valence-corrected chi connectivity index (χ0v) is 58.5. The molecule has 107 heavy (non-hydrogen) atoms. The largest absolute Gasteiger partial charge is 0.507 e. The monoisotopic (exact) mass is 1620 g/mol. The number of azo groups is 5. The molecule has 0 aromatic heterocycles. The lowest BCUT2D eigenvalue weighted by Gasteiger charge is -2.14. The number of aromatic hydroxyl groups is 4. The zero-order valence-electron chi connectivity index (χ0n) is 52.8. The Balaban J connectivity index is 1.04. The number of benzene rings is 10. The van der Waals surface area contributed by atoms with E-state index in [4.69, 9.17) is 9.47 Å². The van der Waals surface area contributed by atoms with Gasteiger partial charge in [-0.25, -0.2) is 4.79 Å². The normalized spacial score (nSPS) is 13.1. The SMILES string of the molecule is CNc1ccc2c(O)c(N=Nc3ccc4c(O)c(N=Nc5ccc(S(=O)(=O)O)cc5C(=O)O)c(S(=O)(=O)O)cc4c3)c(S(=O)(=O)O)cc2c1N=Nc1ccc2c(O)c(N=Nc3cc(OCCO)c(N=Nc4cc(S(=O)(=O)O)cc5cc(S(=O)(=O)O)cc(O)c45)cc3OCCO)c(S(=O)(=O)O)cc2c1S(=O)(=O)O. The molecule has 0 aliphatic rings. The van der Waals surface area contributed by atoms with Crippen LogP contribution in [-0.4, -0.2) is 166 Å². The van der Waals surface area contributed by atoms with Crippen molar-refractivity contribution < 1.29 is 141 Å². The number of nitrogens with one attached hydrogen (secondary N) is 1. The van der Waals surface area contributed by atoms with Crippen molar-refractivity contribution in [2.75, 3.05) is 38.8 Å². The van der Waals surface area contributed by atoms with Crippen molar-refractivity contribution in [3.63, 3.8) is 0 Å². The van der Waals surface area contributed by atoms with Crippen molar-refractivity contribution in [3.8, 4) is 34.5 Å². The first kappa shape index (κ1) is 78.2. The van der Waals surface area contributed by atoms with Crippen LogP contribution in [-0.2, 0) is 70.8 Å². The highest BCUT2D eigenvalue weighted by Gasteiger charge is 2.31. The van der Waals surface area contributed by atoms with E-state index >= 15 is 0 Å². The van der Waals surface area contributed by atoms with Crippen LogP contribution < -0.4 is 14.8 Å². The molecule has 0 radical (unpaired) electrons. The van der Waals surface area contributed by atoms with Gasteiger partial charge in [-0.05, 0) is 108 Å². The molecule has 0 bridgehead atoms. The second-order valence-corrected chi connectivity index (χ2v) is 31.5. The second-order valence-electron chi connectivity index (χ2n) is 21.7. The highest BCUT2D eigenvalue weighted by Crippen LogP contribution is 2.51. The number of carbonyl (C=O) groups is 1. The average Bonchev–Trinajstić information content (AvgIpc) is 0.746. The van der Waals surface area contributed by atoms with E-state index in [-0.39, 0.29) is 27.5 Å². The summed E-state index contributed by atoms with van der Waals surface area (Å²) in [6.07, 6.45) is 0. The fraction of sp³-hybridized carbons (Fsp3) is 0.0862. The van der Waals surface area contributed by atoms with E-state index < -0.39 is 256 Å². The lowest BCUT2D eigenvalue weighted by molar-refractivity contribution is 0.0697. The number of carboxylic acids is 1. The summed E-state index contributed by atoms with van der Waals surface area (Å²) in [4.78, 5) is 4.10. The predicted octanol–water partition coefficient (Wildman–Crippen LogP) is 10.4. The van der Waals surface area contributed by atoms with Gasteiger partial charge in [0.05, 0.1) is 55.9 Å². The van der Waals surface area contributed by atoms with Gasteiger partial charge in [0.25, 0.3) is 70.8 Å². The molecule has 0 heterocycles. The van der Waals surface area contributed by atoms with E-state index in [1.807, 2.05) is 0 Å². The van der Waals surface area contributed by atoms with E-state index in [1.165, 1.54) is 13.1 Å². The second kappa shape index (κ2) is 29.2. The fourth-order valence-electron chi connectivity index (χ4n) is 10.2. The first-order valence-corrected chi connectivity index (χ1v) is 38.8. The van der Waals surface area contributed by atoms with Crippen LogP contribution in [0.25, 0.3) is 43.1 Å². The van der Waals surface area contributed by atoms with Gasteiger partial charge in [0.1, 0.15) is 95.5 Å². The summed E-state index contributed by atoms with van der Waals surface area (Å²) in [5.41, 5.74) is -7.96. The summed E-state index contributed by atoms with van der Waals surface area (Å²) in [7, 11) is -36.1. The van der Waals surface area contributed by atoms with Gasteiger partial charge in [-0.1, -0.05) is 0 Å². The Morgan fingerprint density at radius 2 is 0.822 bits per heavy atom. The molecule has 10 aromatic rings. The van der Waals surface area contributed by atoms with Crippen LogP contribution >= 0.6 is 0 Å². The van der Waals surface area contributed by atoms with Crippen molar-refractivity contribution in [2.24, 2.45) is 51.1 Å². The van der Waals surface area contributed by atoms with Crippen molar-refractivity contribution in [2.45, 2.75) is 34.3 Å². The van der Waals surface area contributed by atoms with Gasteiger partial charge in [-0.2, -0.15) is 64.0 Å². The maximum Gasteiger partial charge on any atom is 0.338 e. The minimum atomic E-state index is -5.71. The Hall–Kier alpha value is -11.4. The molecule has 0 amide bonds. The highest BCUT2D eigenvalue weighted by atomic mass is 32.2. The lowest BCUT2D eigenvalue weighted by atomic mass is 10.1. The van der Waals surface area contributed by atoms with Gasteiger partial charge in [0.15, 0.2) is 17.2 Å². The molecule has 10 aromatic carbocycles. The summed E-state index contributed by atoms with van der Waals surface area (Å²) >= 11 is 0. The molecule has 0 spiro atoms. The fourth-order valence-corrected chi connectivity index (χ4v) is 14.6. The molecule has 10 rings (SSSR count). The molecule has 42 nitrogen and oxygen atoms in total. The minimum Gasteiger partial charge on any atom is -0.507 e. The minimum absolute atomic E-state index is 0.101. The quantitative estimate of drug-likeness (QED) is 0.0187. The number of aliphatic hydroxyl groups excluding tert-OH is 2. The third kappa shape index (κ3) is 16.5. The Morgan fingerprint density at radius 3 is 1.34 bits per heavy atom. The number of ether oxygens (including phenoxy) is 2. The van der Waals surface area contributed by atoms with Gasteiger partial charge in [0, 0.05) is 52.2 Å². The standard InChI is InChI=1S/C58H45N11O31S7/c1-59-38-8-5-32-34(21-47(105(90,91)92)52(55(32)74)67-60-27-2-4-31-25(14-27)17-46(104(87,88)89)51(54(31)73)68-61-37-7-3-28(101(78,79)80)18-36(37)58(76)77)50(38)66-62-39-9-6-33-35(57(39)107(96,97)98)22-48(106(93,94)95)53(56(33)75)69-64-41-24-44(99-12-10-70)40(23-45(41)100-13-11-71)63-65-42-19-29(102(81,82)83)15-26-16-30(103(84,85)86)20-43(72)49(26)42/h2-9,14-24,59,70-75H,10-13H2,1H3,(H,76,77)(H,78,79,80)(H,81,82,83)(H,84,85,86)(H,87,88,89)(H,90,91,92)(H,93,94,95)(H,96,97,98). The van der Waals surface area contributed by atoms with Gasteiger partial charge < -0.3 is 50.5 Å². The third-order valence-corrected chi connectivity index (χ3v) is 20.9. The van der Waals surface area contributed by atoms with Crippen LogP contribution in [0.5, 0.6) is 34.5 Å². The topological polar surface area (TPSA) is 693 Å². The molecule has 0 fully saturated rings. The van der Waals surface area contributed by atoms with Gasteiger partial charge >= 0.3 is 5.97 Å². The number of fused-ring (bicyclic) bond motifs is 4. The van der Waals surface area contributed by atoms with E-state index in [0.717, 1.165) is 78.9 Å². The van der Waals surface area contributed by atoms with Crippen molar-refractivity contribution >= 4 is 182 Å². The van der Waals surface area contributed by atoms with Crippen LogP contribution in [0, 0.1) is 0 Å². The first-order chi connectivity index (χ1) is 49.8. The Kier molecular flexibility index (Phi) is 21.3. The maximum atomic E-state index is 13.4. The van der Waals surface area contributed by atoms with E-state index in [2.05, 4.69) is 56.5 Å². The molecule has 0 saturated carbocycles. The Morgan fingerprint density at radius 1 is 0.383 bits per heavy atom. The number of aliphatic hydroxyl groups is 2.